The molecule has 1 aromatic rings. The van der Waals surface area contributed by atoms with E-state index in [9.17, 15) is 4.79 Å². The maximum Gasteiger partial charge on any atom is 0.261 e. The Morgan fingerprint density at radius 3 is 2.62 bits per heavy atom. The molecule has 21 heavy (non-hydrogen) atoms. The van der Waals surface area contributed by atoms with E-state index in [0.29, 0.717) is 17.3 Å². The number of rotatable bonds is 6. The molecule has 1 amide bonds. The van der Waals surface area contributed by atoms with Crippen molar-refractivity contribution < 1.29 is 9.53 Å². The van der Waals surface area contributed by atoms with Crippen molar-refractivity contribution in [2.24, 2.45) is 0 Å². The average Bonchev–Trinajstić information content (AvgIpc) is 2.37. The normalized spacial score (nSPS) is 12.9. The molecule has 1 unspecified atom stereocenters. The summed E-state index contributed by atoms with van der Waals surface area (Å²) < 4.78 is 5.80. The van der Waals surface area contributed by atoms with Crippen LogP contribution in [0.25, 0.3) is 0 Å². The highest BCUT2D eigenvalue weighted by Gasteiger charge is 2.22. The molecule has 4 nitrogen and oxygen atoms in total. The quantitative estimate of drug-likeness (QED) is 0.848. The number of hydrogen-bond acceptors (Lipinski definition) is 3. The lowest BCUT2D eigenvalue weighted by Gasteiger charge is -2.24. The minimum Gasteiger partial charge on any atom is -0.479 e. The smallest absolute Gasteiger partial charge is 0.261 e. The zero-order valence-electron chi connectivity index (χ0n) is 13.4. The molecular formula is C16H25ClN2O2. The molecule has 1 atom stereocenters. The molecule has 0 fully saturated rings. The fraction of sp³-hybridized carbons (Fsp3) is 0.562. The topological polar surface area (TPSA) is 50.4 Å². The summed E-state index contributed by atoms with van der Waals surface area (Å²) in [7, 11) is 0. The number of ether oxygens (including phenoxy) is 1. The lowest BCUT2D eigenvalue weighted by Crippen LogP contribution is -2.46. The lowest BCUT2D eigenvalue weighted by atomic mass is 10.1. The van der Waals surface area contributed by atoms with Crippen molar-refractivity contribution in [2.75, 3.05) is 6.54 Å². The summed E-state index contributed by atoms with van der Waals surface area (Å²) in [4.78, 5) is 12.1. The number of amides is 1. The van der Waals surface area contributed by atoms with Gasteiger partial charge in [0.2, 0.25) is 0 Å². The van der Waals surface area contributed by atoms with Crippen LogP contribution in [0.5, 0.6) is 5.75 Å². The highest BCUT2D eigenvalue weighted by atomic mass is 35.5. The van der Waals surface area contributed by atoms with E-state index in [1.165, 1.54) is 0 Å². The van der Waals surface area contributed by atoms with Gasteiger partial charge >= 0.3 is 0 Å². The second-order valence-corrected chi connectivity index (χ2v) is 6.41. The predicted molar refractivity (Wildman–Crippen MR) is 86.8 cm³/mol. The fourth-order valence-electron chi connectivity index (χ4n) is 1.79. The van der Waals surface area contributed by atoms with Crippen molar-refractivity contribution in [1.29, 1.82) is 0 Å². The Hall–Kier alpha value is -1.26. The van der Waals surface area contributed by atoms with Gasteiger partial charge in [0.05, 0.1) is 5.02 Å². The first-order valence-corrected chi connectivity index (χ1v) is 7.59. The predicted octanol–water partition coefficient (Wildman–Crippen LogP) is 3.13. The van der Waals surface area contributed by atoms with Gasteiger partial charge in [0.15, 0.2) is 6.10 Å². The Bertz CT molecular complexity index is 484. The SMILES string of the molecule is CCNCc1cccc(Cl)c1OC(C)C(=O)NC(C)(C)C. The van der Waals surface area contributed by atoms with E-state index in [-0.39, 0.29) is 11.4 Å². The number of halogens is 1. The van der Waals surface area contributed by atoms with Gasteiger partial charge in [-0.25, -0.2) is 0 Å². The van der Waals surface area contributed by atoms with Crippen molar-refractivity contribution >= 4 is 17.5 Å². The van der Waals surface area contributed by atoms with Crippen LogP contribution in [-0.2, 0) is 11.3 Å². The van der Waals surface area contributed by atoms with E-state index in [1.54, 1.807) is 13.0 Å². The maximum absolute atomic E-state index is 12.1. The summed E-state index contributed by atoms with van der Waals surface area (Å²) in [5.74, 6) is 0.411. The molecule has 0 saturated carbocycles. The first kappa shape index (κ1) is 17.8. The van der Waals surface area contributed by atoms with Crippen molar-refractivity contribution in [2.45, 2.75) is 52.8 Å². The van der Waals surface area contributed by atoms with Crippen LogP contribution in [0.2, 0.25) is 5.02 Å². The molecule has 0 aliphatic carbocycles. The lowest BCUT2D eigenvalue weighted by molar-refractivity contribution is -0.128. The zero-order chi connectivity index (χ0) is 16.0. The van der Waals surface area contributed by atoms with Crippen molar-refractivity contribution in [1.82, 2.24) is 10.6 Å². The average molecular weight is 313 g/mol. The Kier molecular flexibility index (Phi) is 6.49. The van der Waals surface area contributed by atoms with E-state index < -0.39 is 6.10 Å². The third-order valence-corrected chi connectivity index (χ3v) is 3.07. The summed E-state index contributed by atoms with van der Waals surface area (Å²) >= 11 is 6.21. The molecular weight excluding hydrogens is 288 g/mol. The molecule has 5 heteroatoms. The monoisotopic (exact) mass is 312 g/mol. The molecule has 0 radical (unpaired) electrons. The van der Waals surface area contributed by atoms with Crippen LogP contribution in [0.1, 0.15) is 40.2 Å². The van der Waals surface area contributed by atoms with E-state index in [4.69, 9.17) is 16.3 Å². The highest BCUT2D eigenvalue weighted by molar-refractivity contribution is 6.32. The van der Waals surface area contributed by atoms with E-state index in [1.807, 2.05) is 39.8 Å². The molecule has 0 heterocycles. The molecule has 2 N–H and O–H groups in total. The van der Waals surface area contributed by atoms with Gasteiger partial charge in [-0.3, -0.25) is 4.79 Å². The molecule has 0 aliphatic heterocycles. The van der Waals surface area contributed by atoms with Gasteiger partial charge in [0.1, 0.15) is 5.75 Å². The number of para-hydroxylation sites is 1. The second kappa shape index (κ2) is 7.66. The molecule has 0 aliphatic rings. The third-order valence-electron chi connectivity index (χ3n) is 2.78. The number of carbonyl (C=O) groups is 1. The summed E-state index contributed by atoms with van der Waals surface area (Å²) in [5, 5.41) is 6.65. The number of benzene rings is 1. The minimum absolute atomic E-state index is 0.156. The van der Waals surface area contributed by atoms with E-state index in [2.05, 4.69) is 10.6 Å². The largest absolute Gasteiger partial charge is 0.479 e. The van der Waals surface area contributed by atoms with Crippen molar-refractivity contribution in [3.05, 3.63) is 28.8 Å². The van der Waals surface area contributed by atoms with Gasteiger partial charge in [-0.05, 0) is 40.3 Å². The summed E-state index contributed by atoms with van der Waals surface area (Å²) in [5.41, 5.74) is 0.654. The van der Waals surface area contributed by atoms with Gasteiger partial charge in [-0.2, -0.15) is 0 Å². The Balaban J connectivity index is 2.83. The first-order chi connectivity index (χ1) is 9.74. The minimum atomic E-state index is -0.607. The molecule has 0 spiro atoms. The van der Waals surface area contributed by atoms with Crippen LogP contribution >= 0.6 is 11.6 Å². The van der Waals surface area contributed by atoms with E-state index in [0.717, 1.165) is 12.1 Å². The van der Waals surface area contributed by atoms with Crippen LogP contribution in [0.3, 0.4) is 0 Å². The van der Waals surface area contributed by atoms with Gasteiger partial charge in [-0.1, -0.05) is 30.7 Å². The van der Waals surface area contributed by atoms with Gasteiger partial charge in [0.25, 0.3) is 5.91 Å². The standard InChI is InChI=1S/C16H25ClN2O2/c1-6-18-10-12-8-7-9-13(17)14(12)21-11(2)15(20)19-16(3,4)5/h7-9,11,18H,6,10H2,1-5H3,(H,19,20). The van der Waals surface area contributed by atoms with Gasteiger partial charge in [0, 0.05) is 17.6 Å². The van der Waals surface area contributed by atoms with Crippen LogP contribution in [0.15, 0.2) is 18.2 Å². The number of hydrogen-bond donors (Lipinski definition) is 2. The summed E-state index contributed by atoms with van der Waals surface area (Å²) in [6.45, 7) is 11.1. The number of nitrogens with one attached hydrogen (secondary N) is 2. The van der Waals surface area contributed by atoms with Crippen LogP contribution in [0.4, 0.5) is 0 Å². The van der Waals surface area contributed by atoms with Crippen molar-refractivity contribution in [3.8, 4) is 5.75 Å². The first-order valence-electron chi connectivity index (χ1n) is 7.21. The van der Waals surface area contributed by atoms with Crippen LogP contribution < -0.4 is 15.4 Å². The summed E-state index contributed by atoms with van der Waals surface area (Å²) in [6.07, 6.45) is -0.607. The Morgan fingerprint density at radius 2 is 2.05 bits per heavy atom. The summed E-state index contributed by atoms with van der Waals surface area (Å²) in [6, 6.07) is 5.58. The molecule has 118 valence electrons. The maximum atomic E-state index is 12.1. The van der Waals surface area contributed by atoms with Crippen molar-refractivity contribution in [3.63, 3.8) is 0 Å². The second-order valence-electron chi connectivity index (χ2n) is 6.01. The van der Waals surface area contributed by atoms with Crippen LogP contribution in [0, 0.1) is 0 Å². The molecule has 0 saturated heterocycles. The Labute approximate surface area is 132 Å². The highest BCUT2D eigenvalue weighted by Crippen LogP contribution is 2.29. The number of carbonyl (C=O) groups excluding carboxylic acids is 1. The fourth-order valence-corrected chi connectivity index (χ4v) is 2.02. The molecule has 0 aromatic heterocycles. The van der Waals surface area contributed by atoms with Crippen LogP contribution in [-0.4, -0.2) is 24.1 Å². The van der Waals surface area contributed by atoms with Gasteiger partial charge in [-0.15, -0.1) is 0 Å². The van der Waals surface area contributed by atoms with E-state index >= 15 is 0 Å². The molecule has 1 aromatic carbocycles. The zero-order valence-corrected chi connectivity index (χ0v) is 14.2. The Morgan fingerprint density at radius 1 is 1.38 bits per heavy atom. The molecule has 0 bridgehead atoms. The van der Waals surface area contributed by atoms with Gasteiger partial charge < -0.3 is 15.4 Å². The third kappa shape index (κ3) is 5.94. The molecule has 1 rings (SSSR count).